The molecule has 2 aromatic carbocycles. The number of nitrogens with zero attached hydrogens (tertiary/aromatic N) is 3. The molecule has 1 atom stereocenters. The van der Waals surface area contributed by atoms with Crippen molar-refractivity contribution in [2.45, 2.75) is 31.9 Å². The van der Waals surface area contributed by atoms with Crippen LogP contribution in [-0.4, -0.2) is 66.7 Å². The summed E-state index contributed by atoms with van der Waals surface area (Å²) in [5.41, 5.74) is 4.12. The molecule has 0 spiro atoms. The fourth-order valence-electron chi connectivity index (χ4n) is 5.54. The molecule has 1 aliphatic carbocycles. The highest BCUT2D eigenvalue weighted by atomic mass is 35.5. The van der Waals surface area contributed by atoms with Gasteiger partial charge in [-0.15, -0.1) is 0 Å². The number of ether oxygens (including phenoxy) is 2. The molecule has 0 amide bonds. The van der Waals surface area contributed by atoms with Gasteiger partial charge in [-0.3, -0.25) is 14.8 Å². The van der Waals surface area contributed by atoms with E-state index in [1.165, 1.54) is 5.56 Å². The van der Waals surface area contributed by atoms with Crippen LogP contribution >= 0.6 is 11.6 Å². The number of rotatable bonds is 9. The van der Waals surface area contributed by atoms with Gasteiger partial charge in [-0.05, 0) is 55.8 Å². The highest BCUT2D eigenvalue weighted by Gasteiger charge is 2.44. The van der Waals surface area contributed by atoms with Crippen molar-refractivity contribution in [1.82, 2.24) is 14.8 Å². The first-order valence-electron chi connectivity index (χ1n) is 13.8. The summed E-state index contributed by atoms with van der Waals surface area (Å²) in [4.78, 5) is 22.8. The van der Waals surface area contributed by atoms with Gasteiger partial charge in [-0.2, -0.15) is 0 Å². The lowest BCUT2D eigenvalue weighted by Gasteiger charge is -2.35. The third-order valence-electron chi connectivity index (χ3n) is 7.54. The molecule has 3 aromatic rings. The maximum Gasteiger partial charge on any atom is 0.343 e. The highest BCUT2D eigenvalue weighted by molar-refractivity contribution is 6.30. The Kier molecular flexibility index (Phi) is 9.09. The predicted molar refractivity (Wildman–Crippen MR) is 155 cm³/mol. The van der Waals surface area contributed by atoms with Crippen LogP contribution in [0.25, 0.3) is 17.3 Å². The molecule has 1 aromatic heterocycles. The molecule has 2 heterocycles. The second-order valence-corrected chi connectivity index (χ2v) is 10.5. The van der Waals surface area contributed by atoms with E-state index >= 15 is 0 Å². The van der Waals surface area contributed by atoms with Crippen molar-refractivity contribution in [1.29, 1.82) is 0 Å². The number of pyridine rings is 1. The van der Waals surface area contributed by atoms with E-state index in [2.05, 4.69) is 26.9 Å². The molecule has 2 aliphatic rings. The normalized spacial score (nSPS) is 19.8. The van der Waals surface area contributed by atoms with Gasteiger partial charge >= 0.3 is 5.97 Å². The molecule has 0 radical (unpaired) electrons. The summed E-state index contributed by atoms with van der Waals surface area (Å²) in [5.74, 6) is -0.309. The lowest BCUT2D eigenvalue weighted by atomic mass is 9.82. The SMILES string of the molecule is CCOC(=O)C1(OCCN2CCCN(Cc3cccnc3-c3ccc(Cl)cc3)CC2)CC=Cc2ccccc21. The van der Waals surface area contributed by atoms with E-state index in [-0.39, 0.29) is 5.97 Å². The predicted octanol–water partition coefficient (Wildman–Crippen LogP) is 5.80. The Balaban J connectivity index is 1.20. The van der Waals surface area contributed by atoms with Crippen molar-refractivity contribution in [2.75, 3.05) is 45.9 Å². The summed E-state index contributed by atoms with van der Waals surface area (Å²) < 4.78 is 11.9. The summed E-state index contributed by atoms with van der Waals surface area (Å²) in [6.07, 6.45) is 7.48. The smallest absolute Gasteiger partial charge is 0.343 e. The molecule has 6 nitrogen and oxygen atoms in total. The average molecular weight is 546 g/mol. The zero-order chi connectivity index (χ0) is 27.1. The molecular weight excluding hydrogens is 510 g/mol. The Morgan fingerprint density at radius 2 is 1.79 bits per heavy atom. The minimum atomic E-state index is -1.09. The van der Waals surface area contributed by atoms with Crippen molar-refractivity contribution in [3.63, 3.8) is 0 Å². The van der Waals surface area contributed by atoms with Crippen LogP contribution in [0, 0.1) is 0 Å². The van der Waals surface area contributed by atoms with Crippen molar-refractivity contribution in [3.8, 4) is 11.3 Å². The number of halogens is 1. The Labute approximate surface area is 236 Å². The van der Waals surface area contributed by atoms with Crippen LogP contribution in [0.2, 0.25) is 5.02 Å². The summed E-state index contributed by atoms with van der Waals surface area (Å²) in [5, 5.41) is 0.727. The van der Waals surface area contributed by atoms with Crippen LogP contribution in [0.1, 0.15) is 36.5 Å². The largest absolute Gasteiger partial charge is 0.464 e. The van der Waals surface area contributed by atoms with Gasteiger partial charge < -0.3 is 9.47 Å². The Hall–Kier alpha value is -3.03. The van der Waals surface area contributed by atoms with E-state index < -0.39 is 5.60 Å². The number of carbonyl (C=O) groups excluding carboxylic acids is 1. The topological polar surface area (TPSA) is 54.9 Å². The number of benzene rings is 2. The molecule has 0 saturated carbocycles. The Morgan fingerprint density at radius 3 is 2.64 bits per heavy atom. The first-order chi connectivity index (χ1) is 19.1. The first kappa shape index (κ1) is 27.5. The Bertz CT molecular complexity index is 1300. The highest BCUT2D eigenvalue weighted by Crippen LogP contribution is 2.38. The molecule has 7 heteroatoms. The minimum Gasteiger partial charge on any atom is -0.464 e. The van der Waals surface area contributed by atoms with Gasteiger partial charge in [0.1, 0.15) is 0 Å². The van der Waals surface area contributed by atoms with Gasteiger partial charge in [0, 0.05) is 54.9 Å². The molecule has 0 bridgehead atoms. The van der Waals surface area contributed by atoms with Gasteiger partial charge in [0.2, 0.25) is 0 Å². The van der Waals surface area contributed by atoms with E-state index in [0.29, 0.717) is 19.6 Å². The van der Waals surface area contributed by atoms with Gasteiger partial charge in [0.15, 0.2) is 5.60 Å². The van der Waals surface area contributed by atoms with E-state index in [4.69, 9.17) is 21.1 Å². The molecular formula is C32H36ClN3O3. The molecule has 1 aliphatic heterocycles. The monoisotopic (exact) mass is 545 g/mol. The third-order valence-corrected chi connectivity index (χ3v) is 7.80. The van der Waals surface area contributed by atoms with Gasteiger partial charge in [0.05, 0.1) is 18.9 Å². The van der Waals surface area contributed by atoms with Crippen molar-refractivity contribution < 1.29 is 14.3 Å². The number of carbonyl (C=O) groups is 1. The maximum absolute atomic E-state index is 13.2. The summed E-state index contributed by atoms with van der Waals surface area (Å²) in [6.45, 7) is 8.18. The fourth-order valence-corrected chi connectivity index (χ4v) is 5.66. The fraction of sp³-hybridized carbons (Fsp3) is 0.375. The van der Waals surface area contributed by atoms with E-state index in [1.807, 2.05) is 73.8 Å². The number of esters is 1. The first-order valence-corrected chi connectivity index (χ1v) is 14.2. The average Bonchev–Trinajstić information content (AvgIpc) is 3.19. The quantitative estimate of drug-likeness (QED) is 0.317. The molecule has 1 saturated heterocycles. The number of hydrogen-bond acceptors (Lipinski definition) is 6. The number of fused-ring (bicyclic) bond motifs is 1. The minimum absolute atomic E-state index is 0.309. The molecule has 0 N–H and O–H groups in total. The summed E-state index contributed by atoms with van der Waals surface area (Å²) >= 11 is 6.10. The molecule has 1 fully saturated rings. The molecule has 39 heavy (non-hydrogen) atoms. The lowest BCUT2D eigenvalue weighted by Crippen LogP contribution is -2.43. The molecule has 204 valence electrons. The van der Waals surface area contributed by atoms with Crippen molar-refractivity contribution in [3.05, 3.63) is 94.6 Å². The second-order valence-electron chi connectivity index (χ2n) is 10.1. The number of aromatic nitrogens is 1. The third kappa shape index (κ3) is 6.42. The maximum atomic E-state index is 13.2. The van der Waals surface area contributed by atoms with E-state index in [9.17, 15) is 4.79 Å². The van der Waals surface area contributed by atoms with Crippen LogP contribution in [0.5, 0.6) is 0 Å². The van der Waals surface area contributed by atoms with E-state index in [1.54, 1.807) is 0 Å². The van der Waals surface area contributed by atoms with Gasteiger partial charge in [-0.25, -0.2) is 4.79 Å². The molecule has 1 unspecified atom stereocenters. The van der Waals surface area contributed by atoms with Crippen molar-refractivity contribution >= 4 is 23.6 Å². The zero-order valence-corrected chi connectivity index (χ0v) is 23.3. The van der Waals surface area contributed by atoms with Crippen LogP contribution in [0.4, 0.5) is 0 Å². The van der Waals surface area contributed by atoms with Crippen molar-refractivity contribution in [2.24, 2.45) is 0 Å². The summed E-state index contributed by atoms with van der Waals surface area (Å²) in [6, 6.07) is 20.0. The standard InChI is InChI=1S/C32H36ClN3O3/c1-2-38-31(37)32(16-5-9-25-8-3-4-11-29(25)32)39-23-22-35-18-7-19-36(21-20-35)24-27-10-6-17-34-30(27)26-12-14-28(33)15-13-26/h3-6,8-15,17H,2,7,16,18-24H2,1H3. The van der Waals surface area contributed by atoms with Gasteiger partial charge in [0.25, 0.3) is 0 Å². The van der Waals surface area contributed by atoms with Gasteiger partial charge in [-0.1, -0.05) is 66.2 Å². The van der Waals surface area contributed by atoms with E-state index in [0.717, 1.165) is 73.1 Å². The van der Waals surface area contributed by atoms with Crippen LogP contribution in [-0.2, 0) is 26.4 Å². The number of hydrogen-bond donors (Lipinski definition) is 0. The molecule has 5 rings (SSSR count). The summed E-state index contributed by atoms with van der Waals surface area (Å²) in [7, 11) is 0. The van der Waals surface area contributed by atoms with Crippen LogP contribution in [0.3, 0.4) is 0 Å². The second kappa shape index (κ2) is 12.9. The van der Waals surface area contributed by atoms with Crippen LogP contribution < -0.4 is 0 Å². The van der Waals surface area contributed by atoms with Crippen LogP contribution in [0.15, 0.2) is 72.9 Å². The lowest BCUT2D eigenvalue weighted by molar-refractivity contribution is -0.174. The Morgan fingerprint density at radius 1 is 1.00 bits per heavy atom. The zero-order valence-electron chi connectivity index (χ0n) is 22.5.